The summed E-state index contributed by atoms with van der Waals surface area (Å²) in [6.07, 6.45) is 0.899. The van der Waals surface area contributed by atoms with Gasteiger partial charge in [0.2, 0.25) is 0 Å². The van der Waals surface area contributed by atoms with Gasteiger partial charge < -0.3 is 5.73 Å². The fraction of sp³-hybridized carbons (Fsp3) is 0.273. The highest BCUT2D eigenvalue weighted by molar-refractivity contribution is 6.19. The summed E-state index contributed by atoms with van der Waals surface area (Å²) in [5.41, 5.74) is 7.69. The van der Waals surface area contributed by atoms with Crippen molar-refractivity contribution in [3.05, 3.63) is 35.4 Å². The van der Waals surface area contributed by atoms with Crippen molar-refractivity contribution in [3.63, 3.8) is 0 Å². The van der Waals surface area contributed by atoms with E-state index in [1.807, 2.05) is 18.2 Å². The van der Waals surface area contributed by atoms with E-state index in [2.05, 4.69) is 17.9 Å². The van der Waals surface area contributed by atoms with Gasteiger partial charge in [0.1, 0.15) is 0 Å². The lowest BCUT2D eigenvalue weighted by Gasteiger charge is -1.98. The number of rotatable bonds is 2. The average Bonchev–Trinajstić information content (AvgIpc) is 2.16. The molecular weight excluding hydrogens is 182 g/mol. The van der Waals surface area contributed by atoms with Crippen molar-refractivity contribution in [2.45, 2.75) is 6.42 Å². The molecule has 0 unspecified atom stereocenters. The second-order valence-corrected chi connectivity index (χ2v) is 2.94. The van der Waals surface area contributed by atoms with Gasteiger partial charge in [0.15, 0.2) is 0 Å². The van der Waals surface area contributed by atoms with Gasteiger partial charge >= 0.3 is 0 Å². The third-order valence-corrected chi connectivity index (χ3v) is 1.79. The molecule has 0 aliphatic heterocycles. The summed E-state index contributed by atoms with van der Waals surface area (Å²) in [5.74, 6) is 6.16. The van der Waals surface area contributed by atoms with Crippen molar-refractivity contribution < 1.29 is 0 Å². The Bertz CT molecular complexity index is 322. The number of benzene rings is 1. The fourth-order valence-electron chi connectivity index (χ4n) is 1.11. The van der Waals surface area contributed by atoms with Crippen LogP contribution in [0.1, 0.15) is 11.1 Å². The van der Waals surface area contributed by atoms with Gasteiger partial charge in [-0.1, -0.05) is 24.0 Å². The lowest BCUT2D eigenvalue weighted by molar-refractivity contribution is 0.968. The maximum atomic E-state index is 5.46. The Balaban J connectivity index is 2.79. The zero-order valence-electron chi connectivity index (χ0n) is 7.39. The minimum Gasteiger partial charge on any atom is -0.330 e. The van der Waals surface area contributed by atoms with Crippen LogP contribution < -0.4 is 5.73 Å². The maximum absolute atomic E-state index is 5.46. The van der Waals surface area contributed by atoms with Crippen molar-refractivity contribution in [2.24, 2.45) is 5.73 Å². The predicted molar refractivity (Wildman–Crippen MR) is 56.8 cm³/mol. The molecule has 1 nitrogen and oxygen atoms in total. The molecule has 0 saturated heterocycles. The van der Waals surface area contributed by atoms with Crippen LogP contribution in [-0.4, -0.2) is 12.4 Å². The molecule has 0 amide bonds. The average molecular weight is 194 g/mol. The van der Waals surface area contributed by atoms with Crippen molar-refractivity contribution >= 4 is 11.6 Å². The van der Waals surface area contributed by atoms with Crippen molar-refractivity contribution in [3.8, 4) is 11.8 Å². The van der Waals surface area contributed by atoms with Crippen molar-refractivity contribution in [1.29, 1.82) is 0 Å². The summed E-state index contributed by atoms with van der Waals surface area (Å²) < 4.78 is 0. The molecule has 0 aliphatic rings. The minimum absolute atomic E-state index is 0.376. The van der Waals surface area contributed by atoms with Crippen molar-refractivity contribution in [1.82, 2.24) is 0 Å². The van der Waals surface area contributed by atoms with Crippen LogP contribution in [0.5, 0.6) is 0 Å². The Hall–Kier alpha value is -0.970. The monoisotopic (exact) mass is 193 g/mol. The lowest BCUT2D eigenvalue weighted by atomic mass is 10.1. The van der Waals surface area contributed by atoms with Crippen LogP contribution in [0.15, 0.2) is 24.3 Å². The molecule has 0 radical (unpaired) electrons. The highest BCUT2D eigenvalue weighted by atomic mass is 35.5. The maximum Gasteiger partial charge on any atom is 0.0839 e. The molecule has 1 aromatic carbocycles. The van der Waals surface area contributed by atoms with Crippen LogP contribution in [-0.2, 0) is 6.42 Å². The van der Waals surface area contributed by atoms with E-state index in [4.69, 9.17) is 17.3 Å². The van der Waals surface area contributed by atoms with E-state index in [0.717, 1.165) is 12.0 Å². The molecule has 0 saturated carbocycles. The number of halogens is 1. The van der Waals surface area contributed by atoms with E-state index in [1.54, 1.807) is 0 Å². The largest absolute Gasteiger partial charge is 0.330 e. The second kappa shape index (κ2) is 5.64. The molecular formula is C11H12ClN. The van der Waals surface area contributed by atoms with Gasteiger partial charge in [-0.25, -0.2) is 0 Å². The van der Waals surface area contributed by atoms with E-state index in [0.29, 0.717) is 12.4 Å². The quantitative estimate of drug-likeness (QED) is 0.563. The molecule has 0 spiro atoms. The van der Waals surface area contributed by atoms with E-state index in [-0.39, 0.29) is 0 Å². The molecule has 0 atom stereocenters. The summed E-state index contributed by atoms with van der Waals surface area (Å²) in [7, 11) is 0. The summed E-state index contributed by atoms with van der Waals surface area (Å²) in [6, 6.07) is 8.06. The van der Waals surface area contributed by atoms with Crippen molar-refractivity contribution in [2.75, 3.05) is 12.4 Å². The molecule has 2 heteroatoms. The molecule has 0 heterocycles. The highest BCUT2D eigenvalue weighted by Gasteiger charge is 1.91. The zero-order chi connectivity index (χ0) is 9.52. The Labute approximate surface area is 83.9 Å². The van der Waals surface area contributed by atoms with Gasteiger partial charge in [0.05, 0.1) is 5.88 Å². The first-order chi connectivity index (χ1) is 6.36. The smallest absolute Gasteiger partial charge is 0.0839 e. The lowest BCUT2D eigenvalue weighted by Crippen LogP contribution is -2.02. The van der Waals surface area contributed by atoms with Gasteiger partial charge in [-0.3, -0.25) is 0 Å². The Kier molecular flexibility index (Phi) is 4.39. The molecule has 0 aromatic heterocycles. The number of nitrogens with two attached hydrogens (primary N) is 1. The first-order valence-corrected chi connectivity index (χ1v) is 4.74. The number of hydrogen-bond donors (Lipinski definition) is 1. The minimum atomic E-state index is 0.376. The first-order valence-electron chi connectivity index (χ1n) is 4.20. The first kappa shape index (κ1) is 10.1. The van der Waals surface area contributed by atoms with Gasteiger partial charge in [-0.05, 0) is 30.7 Å². The standard InChI is InChI=1S/C11H12ClN/c12-7-2-5-10-3-1-4-11(9-10)6-8-13/h1,3-4,9H,6-8,13H2. The summed E-state index contributed by atoms with van der Waals surface area (Å²) in [6.45, 7) is 0.673. The normalized spacial score (nSPS) is 9.08. The second-order valence-electron chi connectivity index (χ2n) is 2.67. The SMILES string of the molecule is NCCc1cccc(C#CCCl)c1. The van der Waals surface area contributed by atoms with Gasteiger partial charge in [-0.15, -0.1) is 11.6 Å². The third-order valence-electron chi connectivity index (χ3n) is 1.66. The van der Waals surface area contributed by atoms with E-state index < -0.39 is 0 Å². The topological polar surface area (TPSA) is 26.0 Å². The fourth-order valence-corrected chi connectivity index (χ4v) is 1.17. The molecule has 13 heavy (non-hydrogen) atoms. The number of alkyl halides is 1. The number of hydrogen-bond acceptors (Lipinski definition) is 1. The predicted octanol–water partition coefficient (Wildman–Crippen LogP) is 1.78. The molecule has 0 fully saturated rings. The van der Waals surface area contributed by atoms with Crippen LogP contribution in [0.4, 0.5) is 0 Å². The molecule has 1 rings (SSSR count). The van der Waals surface area contributed by atoms with Crippen LogP contribution in [0.25, 0.3) is 0 Å². The van der Waals surface area contributed by atoms with Crippen LogP contribution in [0.2, 0.25) is 0 Å². The highest BCUT2D eigenvalue weighted by Crippen LogP contribution is 2.04. The van der Waals surface area contributed by atoms with Crippen LogP contribution in [0.3, 0.4) is 0 Å². The van der Waals surface area contributed by atoms with Gasteiger partial charge in [0, 0.05) is 5.56 Å². The van der Waals surface area contributed by atoms with E-state index >= 15 is 0 Å². The summed E-state index contributed by atoms with van der Waals surface area (Å²) >= 11 is 5.46. The molecule has 1 aromatic rings. The Morgan fingerprint density at radius 2 is 2.23 bits per heavy atom. The zero-order valence-corrected chi connectivity index (χ0v) is 8.14. The molecule has 2 N–H and O–H groups in total. The molecule has 68 valence electrons. The van der Waals surface area contributed by atoms with Crippen LogP contribution >= 0.6 is 11.6 Å². The van der Waals surface area contributed by atoms with E-state index in [9.17, 15) is 0 Å². The van der Waals surface area contributed by atoms with Gasteiger partial charge in [0.25, 0.3) is 0 Å². The Morgan fingerprint density at radius 1 is 1.38 bits per heavy atom. The Morgan fingerprint density at radius 3 is 2.92 bits per heavy atom. The molecule has 0 aliphatic carbocycles. The third kappa shape index (κ3) is 3.50. The van der Waals surface area contributed by atoms with Crippen LogP contribution in [0, 0.1) is 11.8 Å². The summed E-state index contributed by atoms with van der Waals surface area (Å²) in [5, 5.41) is 0. The van der Waals surface area contributed by atoms with Gasteiger partial charge in [-0.2, -0.15) is 0 Å². The summed E-state index contributed by atoms with van der Waals surface area (Å²) in [4.78, 5) is 0. The molecule has 0 bridgehead atoms. The van der Waals surface area contributed by atoms with E-state index in [1.165, 1.54) is 5.56 Å².